The van der Waals surface area contributed by atoms with Gasteiger partial charge >= 0.3 is 0 Å². The molecule has 1 aliphatic heterocycles. The van der Waals surface area contributed by atoms with E-state index in [-0.39, 0.29) is 5.82 Å². The van der Waals surface area contributed by atoms with E-state index in [0.29, 0.717) is 22.1 Å². The van der Waals surface area contributed by atoms with E-state index in [2.05, 4.69) is 5.32 Å². The van der Waals surface area contributed by atoms with Gasteiger partial charge in [-0.05, 0) is 56.8 Å². The minimum Gasteiger partial charge on any atom is -0.317 e. The molecule has 1 heterocycles. The summed E-state index contributed by atoms with van der Waals surface area (Å²) in [6, 6.07) is 3.54. The summed E-state index contributed by atoms with van der Waals surface area (Å²) in [6.07, 6.45) is 3.00. The summed E-state index contributed by atoms with van der Waals surface area (Å²) < 4.78 is 13.9. The third-order valence-corrected chi connectivity index (χ3v) is 3.68. The van der Waals surface area contributed by atoms with Crippen molar-refractivity contribution in [3.8, 4) is 0 Å². The second-order valence-corrected chi connectivity index (χ2v) is 4.96. The number of aryl methyl sites for hydroxylation is 1. The van der Waals surface area contributed by atoms with Crippen LogP contribution in [-0.2, 0) is 6.42 Å². The molecule has 1 aromatic carbocycles. The second-order valence-electron chi connectivity index (χ2n) is 4.55. The summed E-state index contributed by atoms with van der Waals surface area (Å²) in [5, 5.41) is 3.89. The molecule has 88 valence electrons. The predicted octanol–water partition coefficient (Wildman–Crippen LogP) is 3.33. The molecule has 0 spiro atoms. The number of hydrogen-bond donors (Lipinski definition) is 1. The molecule has 1 nitrogen and oxygen atoms in total. The van der Waals surface area contributed by atoms with Crippen LogP contribution in [0.2, 0.25) is 5.02 Å². The van der Waals surface area contributed by atoms with E-state index in [0.717, 1.165) is 32.4 Å². The van der Waals surface area contributed by atoms with Gasteiger partial charge in [-0.2, -0.15) is 0 Å². The van der Waals surface area contributed by atoms with Gasteiger partial charge < -0.3 is 5.32 Å². The summed E-state index contributed by atoms with van der Waals surface area (Å²) in [5.74, 6) is 0.445. The molecule has 1 N–H and O–H groups in total. The van der Waals surface area contributed by atoms with E-state index >= 15 is 0 Å². The molecule has 1 saturated heterocycles. The number of hydrogen-bond acceptors (Lipinski definition) is 1. The van der Waals surface area contributed by atoms with Gasteiger partial charge in [0.25, 0.3) is 0 Å². The highest BCUT2D eigenvalue weighted by atomic mass is 35.5. The average Bonchev–Trinajstić information content (AvgIpc) is 2.31. The molecule has 1 aliphatic rings. The zero-order chi connectivity index (χ0) is 11.5. The van der Waals surface area contributed by atoms with Gasteiger partial charge in [0.15, 0.2) is 0 Å². The number of halogens is 2. The van der Waals surface area contributed by atoms with Crippen molar-refractivity contribution < 1.29 is 4.39 Å². The number of nitrogens with one attached hydrogen (secondary N) is 1. The smallest absolute Gasteiger partial charge is 0.130 e. The fraction of sp³-hybridized carbons (Fsp3) is 0.538. The summed E-state index contributed by atoms with van der Waals surface area (Å²) in [7, 11) is 0. The maximum atomic E-state index is 13.9. The van der Waals surface area contributed by atoms with Crippen molar-refractivity contribution in [1.82, 2.24) is 5.32 Å². The Morgan fingerprint density at radius 2 is 2.06 bits per heavy atom. The molecule has 16 heavy (non-hydrogen) atoms. The Labute approximate surface area is 101 Å². The third-order valence-electron chi connectivity index (χ3n) is 3.33. The highest BCUT2D eigenvalue weighted by Gasteiger charge is 2.18. The molecule has 1 fully saturated rings. The normalized spacial score (nSPS) is 17.7. The Morgan fingerprint density at radius 1 is 1.38 bits per heavy atom. The molecule has 0 atom stereocenters. The maximum absolute atomic E-state index is 13.9. The van der Waals surface area contributed by atoms with Crippen LogP contribution in [0.5, 0.6) is 0 Å². The van der Waals surface area contributed by atoms with E-state index in [1.54, 1.807) is 19.1 Å². The number of benzene rings is 1. The van der Waals surface area contributed by atoms with E-state index < -0.39 is 0 Å². The van der Waals surface area contributed by atoms with Crippen molar-refractivity contribution in [2.24, 2.45) is 5.92 Å². The quantitative estimate of drug-likeness (QED) is 0.838. The maximum Gasteiger partial charge on any atom is 0.130 e. The van der Waals surface area contributed by atoms with Crippen molar-refractivity contribution in [2.75, 3.05) is 13.1 Å². The van der Waals surface area contributed by atoms with Gasteiger partial charge in [0.2, 0.25) is 0 Å². The summed E-state index contributed by atoms with van der Waals surface area (Å²) >= 11 is 6.07. The van der Waals surface area contributed by atoms with E-state index in [9.17, 15) is 4.39 Å². The fourth-order valence-electron chi connectivity index (χ4n) is 2.28. The minimum atomic E-state index is -0.119. The molecule has 3 heteroatoms. The van der Waals surface area contributed by atoms with Crippen LogP contribution in [-0.4, -0.2) is 13.1 Å². The number of piperidine rings is 1. The largest absolute Gasteiger partial charge is 0.317 e. The Balaban J connectivity index is 2.16. The van der Waals surface area contributed by atoms with Crippen LogP contribution in [0, 0.1) is 18.7 Å². The fourth-order valence-corrected chi connectivity index (χ4v) is 2.50. The van der Waals surface area contributed by atoms with Crippen molar-refractivity contribution in [1.29, 1.82) is 0 Å². The highest BCUT2D eigenvalue weighted by molar-refractivity contribution is 6.31. The van der Waals surface area contributed by atoms with Crippen molar-refractivity contribution >= 4 is 11.6 Å². The Kier molecular flexibility index (Phi) is 3.82. The molecule has 0 aliphatic carbocycles. The monoisotopic (exact) mass is 241 g/mol. The molecule has 2 rings (SSSR count). The molecule has 0 aromatic heterocycles. The van der Waals surface area contributed by atoms with E-state index in [4.69, 9.17) is 11.6 Å². The van der Waals surface area contributed by atoms with Gasteiger partial charge in [0, 0.05) is 10.6 Å². The van der Waals surface area contributed by atoms with Gasteiger partial charge in [-0.15, -0.1) is 0 Å². The molecule has 0 bridgehead atoms. The van der Waals surface area contributed by atoms with Gasteiger partial charge in [-0.3, -0.25) is 0 Å². The van der Waals surface area contributed by atoms with Crippen molar-refractivity contribution in [3.05, 3.63) is 34.1 Å². The van der Waals surface area contributed by atoms with Gasteiger partial charge in [0.1, 0.15) is 5.82 Å². The Hall–Kier alpha value is -0.600. The SMILES string of the molecule is Cc1ccc(Cl)c(CC2CCNCC2)c1F. The first-order valence-corrected chi connectivity index (χ1v) is 6.20. The van der Waals surface area contributed by atoms with Gasteiger partial charge in [-0.1, -0.05) is 17.7 Å². The Morgan fingerprint density at radius 3 is 2.75 bits per heavy atom. The first-order valence-electron chi connectivity index (χ1n) is 5.82. The van der Waals surface area contributed by atoms with Crippen LogP contribution >= 0.6 is 11.6 Å². The van der Waals surface area contributed by atoms with Crippen LogP contribution in [0.15, 0.2) is 12.1 Å². The summed E-state index contributed by atoms with van der Waals surface area (Å²) in [6.45, 7) is 3.86. The molecular formula is C13H17ClFN. The lowest BCUT2D eigenvalue weighted by Gasteiger charge is -2.23. The first-order chi connectivity index (χ1) is 7.68. The highest BCUT2D eigenvalue weighted by Crippen LogP contribution is 2.27. The first kappa shape index (κ1) is 11.9. The van der Waals surface area contributed by atoms with Gasteiger partial charge in [-0.25, -0.2) is 4.39 Å². The van der Waals surface area contributed by atoms with Crippen LogP contribution in [0.1, 0.15) is 24.0 Å². The molecule has 1 aromatic rings. The van der Waals surface area contributed by atoms with Gasteiger partial charge in [0.05, 0.1) is 0 Å². The molecule has 0 amide bonds. The molecular weight excluding hydrogens is 225 g/mol. The standard InChI is InChI=1S/C13H17ClFN/c1-9-2-3-12(14)11(13(9)15)8-10-4-6-16-7-5-10/h2-3,10,16H,4-8H2,1H3. The summed E-state index contributed by atoms with van der Waals surface area (Å²) in [5.41, 5.74) is 1.39. The second kappa shape index (κ2) is 5.15. The average molecular weight is 242 g/mol. The van der Waals surface area contributed by atoms with Crippen LogP contribution in [0.25, 0.3) is 0 Å². The summed E-state index contributed by atoms with van der Waals surface area (Å²) in [4.78, 5) is 0. The van der Waals surface area contributed by atoms with Crippen LogP contribution in [0.3, 0.4) is 0 Å². The van der Waals surface area contributed by atoms with E-state index in [1.165, 1.54) is 0 Å². The van der Waals surface area contributed by atoms with Crippen molar-refractivity contribution in [2.45, 2.75) is 26.2 Å². The topological polar surface area (TPSA) is 12.0 Å². The number of rotatable bonds is 2. The third kappa shape index (κ3) is 2.55. The zero-order valence-electron chi connectivity index (χ0n) is 9.52. The zero-order valence-corrected chi connectivity index (χ0v) is 10.3. The lowest BCUT2D eigenvalue weighted by atomic mass is 9.90. The minimum absolute atomic E-state index is 0.119. The molecule has 0 saturated carbocycles. The predicted molar refractivity (Wildman–Crippen MR) is 65.4 cm³/mol. The van der Waals surface area contributed by atoms with E-state index in [1.807, 2.05) is 0 Å². The molecule has 0 unspecified atom stereocenters. The van der Waals surface area contributed by atoms with Crippen molar-refractivity contribution in [3.63, 3.8) is 0 Å². The lowest BCUT2D eigenvalue weighted by molar-refractivity contribution is 0.368. The molecule has 0 radical (unpaired) electrons. The van der Waals surface area contributed by atoms with Crippen LogP contribution in [0.4, 0.5) is 4.39 Å². The lowest BCUT2D eigenvalue weighted by Crippen LogP contribution is -2.28. The Bertz CT molecular complexity index is 372. The van der Waals surface area contributed by atoms with Crippen LogP contribution < -0.4 is 5.32 Å².